The summed E-state index contributed by atoms with van der Waals surface area (Å²) in [7, 11) is 6.69. The Bertz CT molecular complexity index is 1080. The van der Waals surface area contributed by atoms with E-state index in [9.17, 15) is 9.59 Å². The molecule has 1 heterocycles. The average Bonchev–Trinajstić information content (AvgIpc) is 3.19. The summed E-state index contributed by atoms with van der Waals surface area (Å²) in [5.41, 5.74) is 1.05. The number of carbonyl (C=O) groups is 2. The molecule has 0 fully saturated rings. The van der Waals surface area contributed by atoms with Gasteiger partial charge < -0.3 is 14.4 Å². The minimum absolute atomic E-state index is 0.205. The molecule has 0 atom stereocenters. The molecule has 0 spiro atoms. The van der Waals surface area contributed by atoms with E-state index in [0.29, 0.717) is 34.5 Å². The number of methoxy groups -OCH3 is 2. The van der Waals surface area contributed by atoms with Gasteiger partial charge in [0.05, 0.1) is 35.1 Å². The molecule has 2 aromatic carbocycles. The molecule has 0 saturated carbocycles. The van der Waals surface area contributed by atoms with Crippen LogP contribution in [0.3, 0.4) is 0 Å². The number of amides is 1. The van der Waals surface area contributed by atoms with Crippen molar-refractivity contribution in [1.82, 2.24) is 9.88 Å². The molecular formula is C21H22ClN3O4S. The van der Waals surface area contributed by atoms with Crippen LogP contribution < -0.4 is 9.64 Å². The number of halogens is 1. The molecule has 0 N–H and O–H groups in total. The number of thiazole rings is 1. The molecule has 0 radical (unpaired) electrons. The summed E-state index contributed by atoms with van der Waals surface area (Å²) in [6.07, 6.45) is 0. The van der Waals surface area contributed by atoms with Gasteiger partial charge in [-0.05, 0) is 38.4 Å². The van der Waals surface area contributed by atoms with Crippen molar-refractivity contribution in [3.8, 4) is 5.75 Å². The fraction of sp³-hybridized carbons (Fsp3) is 0.286. The maximum atomic E-state index is 13.5. The van der Waals surface area contributed by atoms with E-state index in [1.165, 1.54) is 18.4 Å². The van der Waals surface area contributed by atoms with Gasteiger partial charge in [-0.1, -0.05) is 35.1 Å². The molecule has 0 unspecified atom stereocenters. The van der Waals surface area contributed by atoms with Crippen LogP contribution in [0.4, 0.5) is 5.13 Å². The Labute approximate surface area is 183 Å². The molecule has 158 valence electrons. The fourth-order valence-electron chi connectivity index (χ4n) is 2.91. The van der Waals surface area contributed by atoms with E-state index in [4.69, 9.17) is 21.1 Å². The van der Waals surface area contributed by atoms with Crippen LogP contribution in [0.2, 0.25) is 5.02 Å². The number of hydrogen-bond acceptors (Lipinski definition) is 7. The van der Waals surface area contributed by atoms with Crippen molar-refractivity contribution in [2.75, 3.05) is 46.3 Å². The molecule has 9 heteroatoms. The molecule has 1 amide bonds. The zero-order chi connectivity index (χ0) is 21.8. The molecule has 3 rings (SSSR count). The predicted molar refractivity (Wildman–Crippen MR) is 119 cm³/mol. The van der Waals surface area contributed by atoms with E-state index in [1.54, 1.807) is 48.4 Å². The van der Waals surface area contributed by atoms with E-state index in [0.717, 1.165) is 4.70 Å². The number of ether oxygens (including phenoxy) is 2. The largest absolute Gasteiger partial charge is 0.494 e. The number of anilines is 1. The van der Waals surface area contributed by atoms with Gasteiger partial charge in [-0.15, -0.1) is 0 Å². The van der Waals surface area contributed by atoms with E-state index >= 15 is 0 Å². The summed E-state index contributed by atoms with van der Waals surface area (Å²) in [4.78, 5) is 33.9. The summed E-state index contributed by atoms with van der Waals surface area (Å²) in [6.45, 7) is 0.980. The van der Waals surface area contributed by atoms with Crippen LogP contribution in [0.5, 0.6) is 5.75 Å². The first-order valence-electron chi connectivity index (χ1n) is 9.14. The molecule has 7 nitrogen and oxygen atoms in total. The molecular weight excluding hydrogens is 426 g/mol. The summed E-state index contributed by atoms with van der Waals surface area (Å²) in [5, 5.41) is 1.01. The highest BCUT2D eigenvalue weighted by Crippen LogP contribution is 2.39. The molecule has 30 heavy (non-hydrogen) atoms. The molecule has 3 aromatic rings. The second kappa shape index (κ2) is 9.42. The zero-order valence-corrected chi connectivity index (χ0v) is 18.7. The van der Waals surface area contributed by atoms with Crippen molar-refractivity contribution in [2.45, 2.75) is 0 Å². The normalized spacial score (nSPS) is 11.0. The number of esters is 1. The second-order valence-corrected chi connectivity index (χ2v) is 8.11. The first kappa shape index (κ1) is 22.0. The van der Waals surface area contributed by atoms with Gasteiger partial charge in [-0.2, -0.15) is 0 Å². The summed E-state index contributed by atoms with van der Waals surface area (Å²) in [5.74, 6) is -0.334. The van der Waals surface area contributed by atoms with E-state index in [2.05, 4.69) is 4.98 Å². The van der Waals surface area contributed by atoms with Crippen LogP contribution in [0.1, 0.15) is 20.7 Å². The Hall–Kier alpha value is -2.68. The summed E-state index contributed by atoms with van der Waals surface area (Å²) in [6, 6.07) is 10.1. The number of aromatic nitrogens is 1. The summed E-state index contributed by atoms with van der Waals surface area (Å²) >= 11 is 7.66. The third-order valence-electron chi connectivity index (χ3n) is 4.48. The highest BCUT2D eigenvalue weighted by atomic mass is 35.5. The molecule has 0 bridgehead atoms. The van der Waals surface area contributed by atoms with Crippen LogP contribution in [-0.4, -0.2) is 63.2 Å². The van der Waals surface area contributed by atoms with E-state index in [1.807, 2.05) is 19.0 Å². The lowest BCUT2D eigenvalue weighted by Crippen LogP contribution is -2.37. The maximum absolute atomic E-state index is 13.5. The average molecular weight is 448 g/mol. The maximum Gasteiger partial charge on any atom is 0.338 e. The lowest BCUT2D eigenvalue weighted by molar-refractivity contribution is 0.0597. The van der Waals surface area contributed by atoms with Gasteiger partial charge in [0, 0.05) is 13.1 Å². The van der Waals surface area contributed by atoms with Gasteiger partial charge in [0.1, 0.15) is 11.3 Å². The third kappa shape index (κ3) is 4.40. The summed E-state index contributed by atoms with van der Waals surface area (Å²) < 4.78 is 11.0. The Kier molecular flexibility index (Phi) is 6.91. The third-order valence-corrected chi connectivity index (χ3v) is 6.02. The zero-order valence-electron chi connectivity index (χ0n) is 17.1. The highest BCUT2D eigenvalue weighted by Gasteiger charge is 2.26. The number of carbonyl (C=O) groups excluding carboxylic acids is 2. The van der Waals surface area contributed by atoms with Gasteiger partial charge in [-0.3, -0.25) is 9.69 Å². The van der Waals surface area contributed by atoms with Crippen LogP contribution >= 0.6 is 22.9 Å². The monoisotopic (exact) mass is 447 g/mol. The highest BCUT2D eigenvalue weighted by molar-refractivity contribution is 7.23. The number of nitrogens with zero attached hydrogens (tertiary/aromatic N) is 3. The number of benzene rings is 2. The number of fused-ring (bicyclic) bond motifs is 1. The Morgan fingerprint density at radius 1 is 1.07 bits per heavy atom. The van der Waals surface area contributed by atoms with Gasteiger partial charge in [0.2, 0.25) is 0 Å². The molecule has 0 aliphatic heterocycles. The first-order valence-corrected chi connectivity index (χ1v) is 10.3. The SMILES string of the molecule is COC(=O)c1ccccc1C(=O)N(CCN(C)C)c1nc2c(OC)ccc(Cl)c2s1. The van der Waals surface area contributed by atoms with Gasteiger partial charge in [0.25, 0.3) is 5.91 Å². The first-order chi connectivity index (χ1) is 14.4. The standard InChI is InChI=1S/C21H22ClN3O4S/c1-24(2)11-12-25(19(26)13-7-5-6-8-14(13)20(27)29-4)21-23-17-16(28-3)10-9-15(22)18(17)30-21/h5-10H,11-12H2,1-4H3. The van der Waals surface area contributed by atoms with E-state index in [-0.39, 0.29) is 17.0 Å². The van der Waals surface area contributed by atoms with Crippen molar-refractivity contribution in [3.63, 3.8) is 0 Å². The van der Waals surface area contributed by atoms with Crippen molar-refractivity contribution in [2.24, 2.45) is 0 Å². The fourth-order valence-corrected chi connectivity index (χ4v) is 4.19. The number of likely N-dealkylation sites (N-methyl/N-ethyl adjacent to an activating group) is 1. The van der Waals surface area contributed by atoms with Crippen molar-refractivity contribution < 1.29 is 19.1 Å². The lowest BCUT2D eigenvalue weighted by Gasteiger charge is -2.22. The lowest BCUT2D eigenvalue weighted by atomic mass is 10.1. The van der Waals surface area contributed by atoms with Crippen molar-refractivity contribution in [1.29, 1.82) is 0 Å². The molecule has 0 aliphatic rings. The Balaban J connectivity index is 2.11. The van der Waals surface area contributed by atoms with Crippen LogP contribution in [0, 0.1) is 0 Å². The van der Waals surface area contributed by atoms with Crippen LogP contribution in [0.25, 0.3) is 10.2 Å². The molecule has 0 saturated heterocycles. The Morgan fingerprint density at radius 3 is 2.40 bits per heavy atom. The quantitative estimate of drug-likeness (QED) is 0.510. The van der Waals surface area contributed by atoms with Crippen molar-refractivity contribution >= 4 is 50.2 Å². The Morgan fingerprint density at radius 2 is 1.77 bits per heavy atom. The number of rotatable bonds is 7. The predicted octanol–water partition coefficient (Wildman–Crippen LogP) is 3.95. The van der Waals surface area contributed by atoms with Gasteiger partial charge >= 0.3 is 5.97 Å². The molecule has 0 aliphatic carbocycles. The van der Waals surface area contributed by atoms with Crippen molar-refractivity contribution in [3.05, 3.63) is 52.5 Å². The van der Waals surface area contributed by atoms with Crippen LogP contribution in [-0.2, 0) is 4.74 Å². The number of hydrogen-bond donors (Lipinski definition) is 0. The topological polar surface area (TPSA) is 72.0 Å². The smallest absolute Gasteiger partial charge is 0.338 e. The van der Waals surface area contributed by atoms with Crippen LogP contribution in [0.15, 0.2) is 36.4 Å². The minimum atomic E-state index is -0.569. The van der Waals surface area contributed by atoms with E-state index < -0.39 is 5.97 Å². The minimum Gasteiger partial charge on any atom is -0.494 e. The second-order valence-electron chi connectivity index (χ2n) is 6.72. The van der Waals surface area contributed by atoms with Gasteiger partial charge in [-0.25, -0.2) is 9.78 Å². The van der Waals surface area contributed by atoms with Gasteiger partial charge in [0.15, 0.2) is 5.13 Å². The molecule has 1 aromatic heterocycles.